The van der Waals surface area contributed by atoms with Crippen LogP contribution in [0.15, 0.2) is 0 Å². The van der Waals surface area contributed by atoms with Gasteiger partial charge in [-0.05, 0) is 6.42 Å². The van der Waals surface area contributed by atoms with E-state index in [2.05, 4.69) is 0 Å². The summed E-state index contributed by atoms with van der Waals surface area (Å²) >= 11 is 0. The molecule has 0 heterocycles. The second kappa shape index (κ2) is 3.14. The van der Waals surface area contributed by atoms with Crippen LogP contribution in [0.1, 0.15) is 13.3 Å². The lowest BCUT2D eigenvalue weighted by atomic mass is 10.3. The third-order valence-electron chi connectivity index (χ3n) is 1.18. The molecule has 0 aliphatic heterocycles. The fraction of sp³-hybridized carbons (Fsp3) is 1.00. The molecule has 0 saturated heterocycles. The quantitative estimate of drug-likeness (QED) is 0.544. The standard InChI is InChI=1S/C4H12N2O2S/c1-2-4(3-5)9(6,7)8/h4H,2-3,5H2,1H3,(H2,6,7,8). The Labute approximate surface area is 55.3 Å². The Kier molecular flexibility index (Phi) is 3.10. The first-order valence-corrected chi connectivity index (χ1v) is 4.35. The molecule has 4 N–H and O–H groups in total. The van der Waals surface area contributed by atoms with Crippen molar-refractivity contribution in [1.82, 2.24) is 0 Å². The van der Waals surface area contributed by atoms with Crippen molar-refractivity contribution in [1.29, 1.82) is 0 Å². The number of nitrogens with two attached hydrogens (primary N) is 2. The molecular weight excluding hydrogens is 140 g/mol. The molecule has 0 bridgehead atoms. The van der Waals surface area contributed by atoms with Crippen LogP contribution in [0.25, 0.3) is 0 Å². The Balaban J connectivity index is 4.14. The van der Waals surface area contributed by atoms with Crippen LogP contribution in [0.5, 0.6) is 0 Å². The van der Waals surface area contributed by atoms with Gasteiger partial charge in [-0.15, -0.1) is 0 Å². The summed E-state index contributed by atoms with van der Waals surface area (Å²) < 4.78 is 21.0. The van der Waals surface area contributed by atoms with E-state index >= 15 is 0 Å². The van der Waals surface area contributed by atoms with E-state index in [1.807, 2.05) is 0 Å². The van der Waals surface area contributed by atoms with Gasteiger partial charge in [0.15, 0.2) is 0 Å². The summed E-state index contributed by atoms with van der Waals surface area (Å²) in [6, 6.07) is 0. The van der Waals surface area contributed by atoms with Gasteiger partial charge >= 0.3 is 0 Å². The fourth-order valence-corrected chi connectivity index (χ4v) is 1.27. The summed E-state index contributed by atoms with van der Waals surface area (Å²) in [5.41, 5.74) is 5.11. The summed E-state index contributed by atoms with van der Waals surface area (Å²) in [7, 11) is -3.39. The molecule has 1 atom stereocenters. The Morgan fingerprint density at radius 1 is 1.56 bits per heavy atom. The molecule has 0 saturated carbocycles. The predicted molar refractivity (Wildman–Crippen MR) is 36.2 cm³/mol. The average molecular weight is 152 g/mol. The van der Waals surface area contributed by atoms with Crippen LogP contribution < -0.4 is 10.9 Å². The SMILES string of the molecule is CCC(CN)S(N)(=O)=O. The fourth-order valence-electron chi connectivity index (χ4n) is 0.533. The Hall–Kier alpha value is -0.130. The highest BCUT2D eigenvalue weighted by Crippen LogP contribution is 1.97. The van der Waals surface area contributed by atoms with Crippen molar-refractivity contribution >= 4 is 10.0 Å². The molecule has 0 rings (SSSR count). The number of hydrogen-bond donors (Lipinski definition) is 2. The highest BCUT2D eigenvalue weighted by atomic mass is 32.2. The van der Waals surface area contributed by atoms with Crippen LogP contribution in [0.2, 0.25) is 0 Å². The molecule has 0 aliphatic carbocycles. The minimum Gasteiger partial charge on any atom is -0.329 e. The third-order valence-corrected chi connectivity index (χ3v) is 2.64. The first-order valence-electron chi connectivity index (χ1n) is 2.74. The molecule has 0 aromatic heterocycles. The van der Waals surface area contributed by atoms with Gasteiger partial charge in [-0.1, -0.05) is 6.92 Å². The second-order valence-corrected chi connectivity index (χ2v) is 3.70. The van der Waals surface area contributed by atoms with E-state index in [0.717, 1.165) is 0 Å². The molecule has 0 aliphatic rings. The first-order chi connectivity index (χ1) is 4.02. The number of primary sulfonamides is 1. The van der Waals surface area contributed by atoms with Crippen LogP contribution in [-0.2, 0) is 10.0 Å². The number of sulfonamides is 1. The molecule has 4 nitrogen and oxygen atoms in total. The molecule has 9 heavy (non-hydrogen) atoms. The van der Waals surface area contributed by atoms with E-state index in [-0.39, 0.29) is 6.54 Å². The maximum Gasteiger partial charge on any atom is 0.213 e. The smallest absolute Gasteiger partial charge is 0.213 e. The minimum absolute atomic E-state index is 0.106. The van der Waals surface area contributed by atoms with E-state index < -0.39 is 15.3 Å². The zero-order valence-electron chi connectivity index (χ0n) is 5.37. The van der Waals surface area contributed by atoms with Crippen LogP contribution in [0.4, 0.5) is 0 Å². The van der Waals surface area contributed by atoms with E-state index in [1.54, 1.807) is 6.92 Å². The second-order valence-electron chi connectivity index (χ2n) is 1.85. The largest absolute Gasteiger partial charge is 0.329 e. The molecule has 0 spiro atoms. The van der Waals surface area contributed by atoms with Gasteiger partial charge in [-0.25, -0.2) is 13.6 Å². The van der Waals surface area contributed by atoms with Gasteiger partial charge in [0.1, 0.15) is 0 Å². The molecule has 0 amide bonds. The Morgan fingerprint density at radius 2 is 2.00 bits per heavy atom. The summed E-state index contributed by atoms with van der Waals surface area (Å²) in [4.78, 5) is 0. The monoisotopic (exact) mass is 152 g/mol. The Morgan fingerprint density at radius 3 is 2.00 bits per heavy atom. The van der Waals surface area contributed by atoms with Gasteiger partial charge < -0.3 is 5.73 Å². The van der Waals surface area contributed by atoms with Gasteiger partial charge in [0.25, 0.3) is 0 Å². The van der Waals surface area contributed by atoms with E-state index in [0.29, 0.717) is 6.42 Å². The lowest BCUT2D eigenvalue weighted by Gasteiger charge is -2.07. The van der Waals surface area contributed by atoms with Crippen LogP contribution >= 0.6 is 0 Å². The molecule has 5 heteroatoms. The zero-order chi connectivity index (χ0) is 7.49. The van der Waals surface area contributed by atoms with Crippen molar-refractivity contribution in [2.45, 2.75) is 18.6 Å². The predicted octanol–water partition coefficient (Wildman–Crippen LogP) is -0.988. The highest BCUT2D eigenvalue weighted by molar-refractivity contribution is 7.89. The summed E-state index contributed by atoms with van der Waals surface area (Å²) in [6.45, 7) is 1.84. The molecule has 56 valence electrons. The third kappa shape index (κ3) is 2.78. The van der Waals surface area contributed by atoms with Crippen molar-refractivity contribution < 1.29 is 8.42 Å². The van der Waals surface area contributed by atoms with Crippen molar-refractivity contribution in [2.75, 3.05) is 6.54 Å². The first kappa shape index (κ1) is 8.87. The highest BCUT2D eigenvalue weighted by Gasteiger charge is 2.16. The topological polar surface area (TPSA) is 86.2 Å². The van der Waals surface area contributed by atoms with Crippen LogP contribution in [0, 0.1) is 0 Å². The maximum absolute atomic E-state index is 10.5. The van der Waals surface area contributed by atoms with Crippen molar-refractivity contribution in [3.05, 3.63) is 0 Å². The van der Waals surface area contributed by atoms with E-state index in [9.17, 15) is 8.42 Å². The molecule has 0 aromatic carbocycles. The molecular formula is C4H12N2O2S. The van der Waals surface area contributed by atoms with Gasteiger partial charge in [-0.2, -0.15) is 0 Å². The Bertz CT molecular complexity index is 159. The number of hydrogen-bond acceptors (Lipinski definition) is 3. The molecule has 0 fully saturated rings. The maximum atomic E-state index is 10.5. The van der Waals surface area contributed by atoms with Crippen molar-refractivity contribution in [3.8, 4) is 0 Å². The molecule has 0 aromatic rings. The van der Waals surface area contributed by atoms with Gasteiger partial charge in [0.05, 0.1) is 5.25 Å². The normalized spacial score (nSPS) is 15.4. The minimum atomic E-state index is -3.39. The van der Waals surface area contributed by atoms with Crippen LogP contribution in [-0.4, -0.2) is 20.2 Å². The molecule has 1 unspecified atom stereocenters. The summed E-state index contributed by atoms with van der Waals surface area (Å²) in [6.07, 6.45) is 0.481. The van der Waals surface area contributed by atoms with Gasteiger partial charge in [-0.3, -0.25) is 0 Å². The summed E-state index contributed by atoms with van der Waals surface area (Å²) in [5.74, 6) is 0. The van der Waals surface area contributed by atoms with Gasteiger partial charge in [0.2, 0.25) is 10.0 Å². The van der Waals surface area contributed by atoms with Crippen LogP contribution in [0.3, 0.4) is 0 Å². The van der Waals surface area contributed by atoms with E-state index in [1.165, 1.54) is 0 Å². The lowest BCUT2D eigenvalue weighted by molar-refractivity contribution is 0.578. The average Bonchev–Trinajstić information content (AvgIpc) is 1.65. The van der Waals surface area contributed by atoms with Crippen molar-refractivity contribution in [2.24, 2.45) is 10.9 Å². The van der Waals surface area contributed by atoms with Gasteiger partial charge in [0, 0.05) is 6.54 Å². The van der Waals surface area contributed by atoms with E-state index in [4.69, 9.17) is 10.9 Å². The summed E-state index contributed by atoms with van der Waals surface area (Å²) in [5, 5.41) is 4.22. The van der Waals surface area contributed by atoms with Crippen molar-refractivity contribution in [3.63, 3.8) is 0 Å². The number of rotatable bonds is 3. The molecule has 0 radical (unpaired) electrons. The zero-order valence-corrected chi connectivity index (χ0v) is 6.19. The lowest BCUT2D eigenvalue weighted by Crippen LogP contribution is -2.34.